The van der Waals surface area contributed by atoms with Crippen molar-refractivity contribution in [1.29, 1.82) is 0 Å². The van der Waals surface area contributed by atoms with Crippen LogP contribution in [0.2, 0.25) is 0 Å². The van der Waals surface area contributed by atoms with Gasteiger partial charge in [0.25, 0.3) is 0 Å². The highest BCUT2D eigenvalue weighted by molar-refractivity contribution is 8.13. The number of nitrogens with one attached hydrogen (secondary N) is 1. The van der Waals surface area contributed by atoms with Crippen LogP contribution in [0.25, 0.3) is 11.1 Å². The first kappa shape index (κ1) is 23.4. The van der Waals surface area contributed by atoms with E-state index in [1.165, 1.54) is 40.9 Å². The van der Waals surface area contributed by atoms with Crippen LogP contribution in [-0.2, 0) is 14.3 Å². The SMILES string of the molecule is CC(=O)SC[C@@H](NC(=O)OCC1c2ccccc2-c2ccccc21)[C@@H](C)OC(C)(C)C. The first-order valence-corrected chi connectivity index (χ1v) is 11.6. The van der Waals surface area contributed by atoms with Crippen LogP contribution < -0.4 is 5.32 Å². The molecule has 0 saturated carbocycles. The lowest BCUT2D eigenvalue weighted by molar-refractivity contribution is -0.109. The Morgan fingerprint density at radius 1 is 1.03 bits per heavy atom. The van der Waals surface area contributed by atoms with E-state index in [-0.39, 0.29) is 35.4 Å². The third kappa shape index (κ3) is 6.11. The molecule has 3 rings (SSSR count). The van der Waals surface area contributed by atoms with Crippen LogP contribution in [0.3, 0.4) is 0 Å². The number of hydrogen-bond acceptors (Lipinski definition) is 5. The Morgan fingerprint density at radius 2 is 1.58 bits per heavy atom. The van der Waals surface area contributed by atoms with Crippen molar-refractivity contribution in [1.82, 2.24) is 5.32 Å². The Balaban J connectivity index is 1.67. The normalized spacial score (nSPS) is 15.0. The van der Waals surface area contributed by atoms with Gasteiger partial charge in [-0.1, -0.05) is 60.3 Å². The second kappa shape index (κ2) is 9.88. The van der Waals surface area contributed by atoms with Crippen molar-refractivity contribution < 1.29 is 19.1 Å². The second-order valence-electron chi connectivity index (χ2n) is 8.81. The van der Waals surface area contributed by atoms with Gasteiger partial charge in [-0.05, 0) is 49.9 Å². The summed E-state index contributed by atoms with van der Waals surface area (Å²) in [7, 11) is 0. The molecule has 0 radical (unpaired) electrons. The number of hydrogen-bond donors (Lipinski definition) is 1. The molecule has 2 aromatic rings. The van der Waals surface area contributed by atoms with Crippen molar-refractivity contribution in [2.45, 2.75) is 58.3 Å². The van der Waals surface area contributed by atoms with Gasteiger partial charge >= 0.3 is 6.09 Å². The predicted octanol–water partition coefficient (Wildman–Crippen LogP) is 5.38. The maximum Gasteiger partial charge on any atom is 0.407 e. The van der Waals surface area contributed by atoms with Gasteiger partial charge in [-0.3, -0.25) is 4.79 Å². The molecule has 6 heteroatoms. The molecule has 0 fully saturated rings. The minimum atomic E-state index is -0.500. The summed E-state index contributed by atoms with van der Waals surface area (Å²) in [6.45, 7) is 9.57. The van der Waals surface area contributed by atoms with E-state index in [0.29, 0.717) is 5.75 Å². The highest BCUT2D eigenvalue weighted by Crippen LogP contribution is 2.44. The molecule has 0 heterocycles. The highest BCUT2D eigenvalue weighted by Gasteiger charge is 2.30. The van der Waals surface area contributed by atoms with Gasteiger partial charge in [-0.25, -0.2) is 4.79 Å². The third-order valence-corrected chi connectivity index (χ3v) is 6.15. The molecule has 1 aliphatic carbocycles. The Hall–Kier alpha value is -2.31. The van der Waals surface area contributed by atoms with Crippen LogP contribution in [0.1, 0.15) is 51.7 Å². The molecule has 0 spiro atoms. The molecule has 1 aliphatic rings. The van der Waals surface area contributed by atoms with E-state index in [9.17, 15) is 9.59 Å². The first-order valence-electron chi connectivity index (χ1n) is 10.6. The monoisotopic (exact) mass is 441 g/mol. The third-order valence-electron chi connectivity index (χ3n) is 5.22. The number of alkyl carbamates (subject to hydrolysis) is 1. The summed E-state index contributed by atoms with van der Waals surface area (Å²) in [5, 5.41) is 2.91. The number of ether oxygens (including phenoxy) is 2. The molecule has 0 aromatic heterocycles. The number of carbonyl (C=O) groups excluding carboxylic acids is 2. The van der Waals surface area contributed by atoms with Gasteiger partial charge in [0.15, 0.2) is 5.12 Å². The fraction of sp³-hybridized carbons (Fsp3) is 0.440. The Morgan fingerprint density at radius 3 is 2.10 bits per heavy atom. The molecule has 1 amide bonds. The van der Waals surface area contributed by atoms with E-state index in [1.54, 1.807) is 0 Å². The average Bonchev–Trinajstić information content (AvgIpc) is 3.02. The molecule has 0 aliphatic heterocycles. The molecular weight excluding hydrogens is 410 g/mol. The van der Waals surface area contributed by atoms with Crippen molar-refractivity contribution in [3.63, 3.8) is 0 Å². The number of rotatable bonds is 7. The molecule has 5 nitrogen and oxygen atoms in total. The lowest BCUT2D eigenvalue weighted by Gasteiger charge is -2.31. The zero-order chi connectivity index (χ0) is 22.6. The highest BCUT2D eigenvalue weighted by atomic mass is 32.2. The predicted molar refractivity (Wildman–Crippen MR) is 125 cm³/mol. The Labute approximate surface area is 188 Å². The maximum absolute atomic E-state index is 12.7. The first-order chi connectivity index (χ1) is 14.7. The molecule has 2 atom stereocenters. The van der Waals surface area contributed by atoms with Crippen molar-refractivity contribution in [3.05, 3.63) is 59.7 Å². The smallest absolute Gasteiger partial charge is 0.407 e. The van der Waals surface area contributed by atoms with Crippen LogP contribution in [0, 0.1) is 0 Å². The fourth-order valence-electron chi connectivity index (χ4n) is 3.93. The number of fused-ring (bicyclic) bond motifs is 3. The van der Waals surface area contributed by atoms with Crippen LogP contribution in [0.4, 0.5) is 4.79 Å². The van der Waals surface area contributed by atoms with E-state index < -0.39 is 6.09 Å². The standard InChI is InChI=1S/C25H31NO4S/c1-16(30-25(3,4)5)23(15-31-17(2)27)26-24(28)29-14-22-20-12-8-6-10-18(20)19-11-7-9-13-21(19)22/h6-13,16,22-23H,14-15H2,1-5H3,(H,26,28)/t16-,23-/m1/s1. The lowest BCUT2D eigenvalue weighted by Crippen LogP contribution is -2.47. The number of carbonyl (C=O) groups is 2. The van der Waals surface area contributed by atoms with Gasteiger partial charge in [0, 0.05) is 18.6 Å². The molecule has 0 bridgehead atoms. The zero-order valence-electron chi connectivity index (χ0n) is 18.8. The van der Waals surface area contributed by atoms with Crippen molar-refractivity contribution >= 4 is 23.0 Å². The topological polar surface area (TPSA) is 64.6 Å². The summed E-state index contributed by atoms with van der Waals surface area (Å²) in [5.74, 6) is 0.433. The summed E-state index contributed by atoms with van der Waals surface area (Å²) in [6, 6.07) is 16.1. The largest absolute Gasteiger partial charge is 0.449 e. The fourth-order valence-corrected chi connectivity index (χ4v) is 4.70. The van der Waals surface area contributed by atoms with Gasteiger partial charge in [0.1, 0.15) is 6.61 Å². The number of benzene rings is 2. The number of amides is 1. The van der Waals surface area contributed by atoms with Crippen LogP contribution in [0.5, 0.6) is 0 Å². The molecule has 0 saturated heterocycles. The van der Waals surface area contributed by atoms with Crippen molar-refractivity contribution in [2.24, 2.45) is 0 Å². The second-order valence-corrected chi connectivity index (χ2v) is 10.0. The van der Waals surface area contributed by atoms with Crippen LogP contribution in [-0.4, -0.2) is 41.3 Å². The summed E-state index contributed by atoms with van der Waals surface area (Å²) in [4.78, 5) is 24.1. The molecule has 1 N–H and O–H groups in total. The van der Waals surface area contributed by atoms with E-state index in [2.05, 4.69) is 29.6 Å². The zero-order valence-corrected chi connectivity index (χ0v) is 19.6. The maximum atomic E-state index is 12.7. The molecule has 2 aromatic carbocycles. The molecule has 166 valence electrons. The van der Waals surface area contributed by atoms with Gasteiger partial charge in [0.2, 0.25) is 0 Å². The van der Waals surface area contributed by atoms with Gasteiger partial charge in [0.05, 0.1) is 17.7 Å². The lowest BCUT2D eigenvalue weighted by atomic mass is 9.98. The van der Waals surface area contributed by atoms with Crippen molar-refractivity contribution in [3.8, 4) is 11.1 Å². The Kier molecular flexibility index (Phi) is 7.44. The Bertz CT molecular complexity index is 892. The minimum Gasteiger partial charge on any atom is -0.449 e. The van der Waals surface area contributed by atoms with Gasteiger partial charge in [-0.2, -0.15) is 0 Å². The quantitative estimate of drug-likeness (QED) is 0.625. The van der Waals surface area contributed by atoms with E-state index >= 15 is 0 Å². The van der Waals surface area contributed by atoms with Crippen LogP contribution >= 0.6 is 11.8 Å². The van der Waals surface area contributed by atoms with Gasteiger partial charge < -0.3 is 14.8 Å². The van der Waals surface area contributed by atoms with Crippen LogP contribution in [0.15, 0.2) is 48.5 Å². The average molecular weight is 442 g/mol. The minimum absolute atomic E-state index is 0.00213. The summed E-state index contributed by atoms with van der Waals surface area (Å²) >= 11 is 1.17. The van der Waals surface area contributed by atoms with Crippen molar-refractivity contribution in [2.75, 3.05) is 12.4 Å². The molecule has 0 unspecified atom stereocenters. The van der Waals surface area contributed by atoms with E-state index in [4.69, 9.17) is 9.47 Å². The molecular formula is C25H31NO4S. The van der Waals surface area contributed by atoms with Gasteiger partial charge in [-0.15, -0.1) is 0 Å². The van der Waals surface area contributed by atoms with E-state index in [1.807, 2.05) is 52.0 Å². The molecule has 31 heavy (non-hydrogen) atoms. The summed E-state index contributed by atoms with van der Waals surface area (Å²) in [5.41, 5.74) is 4.36. The van der Waals surface area contributed by atoms with E-state index in [0.717, 1.165) is 0 Å². The summed E-state index contributed by atoms with van der Waals surface area (Å²) < 4.78 is 11.7. The number of thioether (sulfide) groups is 1. The summed E-state index contributed by atoms with van der Waals surface area (Å²) in [6.07, 6.45) is -0.771.